The SMILES string of the molecule is CCCNc1ncc(-c2cc(-c3cn(CCC)nc3C)nc(N)c2C#N)cn1. The van der Waals surface area contributed by atoms with Gasteiger partial charge in [0, 0.05) is 48.4 Å². The van der Waals surface area contributed by atoms with Crippen molar-refractivity contribution in [2.45, 2.75) is 40.2 Å². The van der Waals surface area contributed by atoms with E-state index in [9.17, 15) is 5.26 Å². The van der Waals surface area contributed by atoms with Gasteiger partial charge in [-0.05, 0) is 25.8 Å². The zero-order valence-electron chi connectivity index (χ0n) is 16.4. The molecule has 8 heteroatoms. The maximum absolute atomic E-state index is 9.58. The Bertz CT molecular complexity index is 998. The molecule has 0 aliphatic carbocycles. The maximum atomic E-state index is 9.58. The zero-order valence-corrected chi connectivity index (χ0v) is 16.4. The Morgan fingerprint density at radius 1 is 1.18 bits per heavy atom. The van der Waals surface area contributed by atoms with Gasteiger partial charge in [-0.25, -0.2) is 15.0 Å². The van der Waals surface area contributed by atoms with Crippen LogP contribution in [0.3, 0.4) is 0 Å². The van der Waals surface area contributed by atoms with Crippen molar-refractivity contribution in [3.63, 3.8) is 0 Å². The van der Waals surface area contributed by atoms with Crippen LogP contribution in [0.25, 0.3) is 22.4 Å². The minimum Gasteiger partial charge on any atom is -0.383 e. The van der Waals surface area contributed by atoms with E-state index in [2.05, 4.69) is 45.3 Å². The van der Waals surface area contributed by atoms with Crippen LogP contribution in [0.4, 0.5) is 11.8 Å². The van der Waals surface area contributed by atoms with Crippen molar-refractivity contribution < 1.29 is 0 Å². The summed E-state index contributed by atoms with van der Waals surface area (Å²) in [6.45, 7) is 7.75. The number of nitriles is 1. The van der Waals surface area contributed by atoms with Crippen LogP contribution in [0.5, 0.6) is 0 Å². The van der Waals surface area contributed by atoms with Gasteiger partial charge < -0.3 is 11.1 Å². The minimum atomic E-state index is 0.186. The van der Waals surface area contributed by atoms with Crippen molar-refractivity contribution in [2.24, 2.45) is 0 Å². The second-order valence-electron chi connectivity index (χ2n) is 6.54. The molecule has 3 heterocycles. The fraction of sp³-hybridized carbons (Fsp3) is 0.350. The summed E-state index contributed by atoms with van der Waals surface area (Å²) < 4.78 is 1.90. The summed E-state index contributed by atoms with van der Waals surface area (Å²) in [4.78, 5) is 13.1. The number of hydrogen-bond acceptors (Lipinski definition) is 7. The van der Waals surface area contributed by atoms with Crippen LogP contribution in [-0.4, -0.2) is 31.3 Å². The number of nitrogens with one attached hydrogen (secondary N) is 1. The van der Waals surface area contributed by atoms with Crippen molar-refractivity contribution in [3.05, 3.63) is 35.9 Å². The van der Waals surface area contributed by atoms with Crippen LogP contribution in [0, 0.1) is 18.3 Å². The fourth-order valence-corrected chi connectivity index (χ4v) is 2.96. The van der Waals surface area contributed by atoms with E-state index in [1.54, 1.807) is 12.4 Å². The molecule has 8 nitrogen and oxygen atoms in total. The Morgan fingerprint density at radius 2 is 1.93 bits per heavy atom. The molecule has 0 aliphatic heterocycles. The molecule has 0 spiro atoms. The molecule has 0 saturated heterocycles. The number of nitrogens with zero attached hydrogens (tertiary/aromatic N) is 6. The van der Waals surface area contributed by atoms with Gasteiger partial charge in [-0.1, -0.05) is 13.8 Å². The molecule has 0 unspecified atom stereocenters. The summed E-state index contributed by atoms with van der Waals surface area (Å²) >= 11 is 0. The van der Waals surface area contributed by atoms with Gasteiger partial charge in [-0.3, -0.25) is 4.68 Å². The molecule has 0 atom stereocenters. The van der Waals surface area contributed by atoms with Crippen molar-refractivity contribution in [1.29, 1.82) is 5.26 Å². The summed E-state index contributed by atoms with van der Waals surface area (Å²) in [7, 11) is 0. The van der Waals surface area contributed by atoms with Crippen LogP contribution < -0.4 is 11.1 Å². The molecule has 0 saturated carbocycles. The van der Waals surface area contributed by atoms with E-state index in [4.69, 9.17) is 5.73 Å². The van der Waals surface area contributed by atoms with Crippen LogP contribution >= 0.6 is 0 Å². The number of nitrogens with two attached hydrogens (primary N) is 1. The predicted molar refractivity (Wildman–Crippen MR) is 109 cm³/mol. The number of pyridine rings is 1. The highest BCUT2D eigenvalue weighted by atomic mass is 15.3. The highest BCUT2D eigenvalue weighted by Gasteiger charge is 2.17. The monoisotopic (exact) mass is 376 g/mol. The number of anilines is 2. The lowest BCUT2D eigenvalue weighted by molar-refractivity contribution is 0.598. The Labute approximate surface area is 164 Å². The van der Waals surface area contributed by atoms with Gasteiger partial charge in [0.2, 0.25) is 5.95 Å². The van der Waals surface area contributed by atoms with Gasteiger partial charge in [0.1, 0.15) is 17.5 Å². The molecular formula is C20H24N8. The highest BCUT2D eigenvalue weighted by molar-refractivity contribution is 5.80. The smallest absolute Gasteiger partial charge is 0.222 e. The van der Waals surface area contributed by atoms with Crippen LogP contribution in [0.15, 0.2) is 24.7 Å². The molecule has 0 aromatic carbocycles. The van der Waals surface area contributed by atoms with E-state index in [0.29, 0.717) is 28.3 Å². The van der Waals surface area contributed by atoms with Crippen molar-refractivity contribution in [3.8, 4) is 28.5 Å². The molecule has 28 heavy (non-hydrogen) atoms. The first-order valence-corrected chi connectivity index (χ1v) is 9.38. The predicted octanol–water partition coefficient (Wildman–Crippen LogP) is 3.40. The first-order valence-electron chi connectivity index (χ1n) is 9.38. The first kappa shape index (κ1) is 19.3. The second-order valence-corrected chi connectivity index (χ2v) is 6.54. The van der Waals surface area contributed by atoms with Gasteiger partial charge in [0.25, 0.3) is 0 Å². The summed E-state index contributed by atoms with van der Waals surface area (Å²) in [5, 5.41) is 17.2. The van der Waals surface area contributed by atoms with E-state index in [-0.39, 0.29) is 5.82 Å². The van der Waals surface area contributed by atoms with Crippen LogP contribution in [0.2, 0.25) is 0 Å². The van der Waals surface area contributed by atoms with E-state index in [0.717, 1.165) is 37.2 Å². The van der Waals surface area contributed by atoms with Crippen LogP contribution in [0.1, 0.15) is 37.9 Å². The van der Waals surface area contributed by atoms with E-state index in [1.807, 2.05) is 23.9 Å². The van der Waals surface area contributed by atoms with E-state index < -0.39 is 0 Å². The van der Waals surface area contributed by atoms with Crippen molar-refractivity contribution in [2.75, 3.05) is 17.6 Å². The molecule has 3 aromatic rings. The van der Waals surface area contributed by atoms with Gasteiger partial charge in [0.05, 0.1) is 11.4 Å². The molecule has 0 bridgehead atoms. The number of hydrogen-bond donors (Lipinski definition) is 2. The fourth-order valence-electron chi connectivity index (χ4n) is 2.96. The average molecular weight is 376 g/mol. The topological polar surface area (TPSA) is 118 Å². The lowest BCUT2D eigenvalue weighted by Crippen LogP contribution is -2.04. The molecule has 0 amide bonds. The molecule has 0 fully saturated rings. The largest absolute Gasteiger partial charge is 0.383 e. The number of aryl methyl sites for hydroxylation is 2. The third-order valence-electron chi connectivity index (χ3n) is 4.33. The molecular weight excluding hydrogens is 352 g/mol. The van der Waals surface area contributed by atoms with Gasteiger partial charge in [0.15, 0.2) is 0 Å². The molecule has 3 aromatic heterocycles. The van der Waals surface area contributed by atoms with Crippen LogP contribution in [-0.2, 0) is 6.54 Å². The molecule has 3 N–H and O–H groups in total. The first-order chi connectivity index (χ1) is 13.6. The molecule has 144 valence electrons. The third kappa shape index (κ3) is 3.93. The van der Waals surface area contributed by atoms with Crippen molar-refractivity contribution in [1.82, 2.24) is 24.7 Å². The lowest BCUT2D eigenvalue weighted by Gasteiger charge is -2.10. The summed E-state index contributed by atoms with van der Waals surface area (Å²) in [5.74, 6) is 0.744. The average Bonchev–Trinajstić information content (AvgIpc) is 3.06. The number of aromatic nitrogens is 5. The quantitative estimate of drug-likeness (QED) is 0.648. The van der Waals surface area contributed by atoms with Gasteiger partial charge in [-0.15, -0.1) is 0 Å². The molecule has 0 aliphatic rings. The summed E-state index contributed by atoms with van der Waals surface area (Å²) in [5.41, 5.74) is 10.2. The zero-order chi connectivity index (χ0) is 20.1. The molecule has 0 radical (unpaired) electrons. The van der Waals surface area contributed by atoms with Gasteiger partial charge >= 0.3 is 0 Å². The Balaban J connectivity index is 2.05. The summed E-state index contributed by atoms with van der Waals surface area (Å²) in [6, 6.07) is 4.00. The minimum absolute atomic E-state index is 0.186. The highest BCUT2D eigenvalue weighted by Crippen LogP contribution is 2.31. The Kier molecular flexibility index (Phi) is 5.84. The summed E-state index contributed by atoms with van der Waals surface area (Å²) in [6.07, 6.45) is 7.32. The maximum Gasteiger partial charge on any atom is 0.222 e. The van der Waals surface area contributed by atoms with E-state index >= 15 is 0 Å². The third-order valence-corrected chi connectivity index (χ3v) is 4.33. The standard InChI is InChI=1S/C20H24N8/c1-4-6-23-20-24-10-14(11-25-20)15-8-18(26-19(22)16(15)9-21)17-12-28(7-5-2)27-13(17)3/h8,10-12H,4-7H2,1-3H3,(H2,22,26)(H,23,24,25). The lowest BCUT2D eigenvalue weighted by atomic mass is 10.0. The number of rotatable bonds is 7. The normalized spacial score (nSPS) is 10.6. The Hall–Kier alpha value is -3.47. The number of nitrogen functional groups attached to an aromatic ring is 1. The molecule has 3 rings (SSSR count). The Morgan fingerprint density at radius 3 is 2.57 bits per heavy atom. The second kappa shape index (κ2) is 8.48. The van der Waals surface area contributed by atoms with Crippen molar-refractivity contribution >= 4 is 11.8 Å². The van der Waals surface area contributed by atoms with Gasteiger partial charge in [-0.2, -0.15) is 10.4 Å². The van der Waals surface area contributed by atoms with E-state index in [1.165, 1.54) is 0 Å².